The van der Waals surface area contributed by atoms with Crippen molar-refractivity contribution >= 4 is 39.1 Å². The molecule has 3 rings (SSSR count). The van der Waals surface area contributed by atoms with Crippen LogP contribution in [0.5, 0.6) is 0 Å². The number of hydrogen-bond donors (Lipinski definition) is 1. The van der Waals surface area contributed by atoms with Crippen LogP contribution in [0.4, 0.5) is 10.1 Å². The molecule has 208 valence electrons. The fourth-order valence-electron chi connectivity index (χ4n) is 4.03. The fourth-order valence-corrected chi connectivity index (χ4v) is 5.78. The summed E-state index contributed by atoms with van der Waals surface area (Å²) in [5.41, 5.74) is 0.727. The highest BCUT2D eigenvalue weighted by molar-refractivity contribution is 7.92. The Labute approximate surface area is 234 Å². The second kappa shape index (κ2) is 13.6. The van der Waals surface area contributed by atoms with Crippen molar-refractivity contribution in [3.63, 3.8) is 0 Å². The molecule has 0 spiro atoms. The van der Waals surface area contributed by atoms with Crippen molar-refractivity contribution in [2.75, 3.05) is 10.8 Å². The zero-order valence-electron chi connectivity index (χ0n) is 22.2. The van der Waals surface area contributed by atoms with Gasteiger partial charge in [0.05, 0.1) is 15.6 Å². The highest BCUT2D eigenvalue weighted by Crippen LogP contribution is 2.30. The third-order valence-corrected chi connectivity index (χ3v) is 8.48. The summed E-state index contributed by atoms with van der Waals surface area (Å²) in [4.78, 5) is 28.5. The summed E-state index contributed by atoms with van der Waals surface area (Å²) in [7, 11) is -4.21. The van der Waals surface area contributed by atoms with Crippen molar-refractivity contribution in [2.45, 2.75) is 57.1 Å². The number of rotatable bonds is 12. The van der Waals surface area contributed by atoms with E-state index in [0.29, 0.717) is 12.0 Å². The standard InChI is InChI=1S/C29H33ClFN3O4S/c1-4-21(3)32-29(36)26(5-2)33(19-22-15-17-23(31)18-16-22)28(35)20-34(27-14-10-9-13-25(27)30)39(37,38)24-11-7-6-8-12-24/h6-18,21,26H,4-5,19-20H2,1-3H3,(H,32,36)/t21-,26+/m0/s1. The number of halogens is 2. The minimum atomic E-state index is -4.21. The third-order valence-electron chi connectivity index (χ3n) is 6.38. The smallest absolute Gasteiger partial charge is 0.264 e. The predicted octanol–water partition coefficient (Wildman–Crippen LogP) is 5.40. The number of nitrogens with one attached hydrogen (secondary N) is 1. The molecule has 7 nitrogen and oxygen atoms in total. The molecule has 39 heavy (non-hydrogen) atoms. The zero-order chi connectivity index (χ0) is 28.6. The van der Waals surface area contributed by atoms with E-state index in [1.807, 2.05) is 13.8 Å². The van der Waals surface area contributed by atoms with Gasteiger partial charge in [-0.2, -0.15) is 0 Å². The third kappa shape index (κ3) is 7.58. The lowest BCUT2D eigenvalue weighted by Gasteiger charge is -2.34. The maximum Gasteiger partial charge on any atom is 0.264 e. The van der Waals surface area contributed by atoms with Crippen LogP contribution in [0.15, 0.2) is 83.8 Å². The summed E-state index contributed by atoms with van der Waals surface area (Å²) in [5, 5.41) is 3.06. The maximum atomic E-state index is 14.0. The van der Waals surface area contributed by atoms with Crippen LogP contribution in [0, 0.1) is 5.82 Å². The molecule has 2 atom stereocenters. The quantitative estimate of drug-likeness (QED) is 0.314. The van der Waals surface area contributed by atoms with Gasteiger partial charge in [0.2, 0.25) is 11.8 Å². The van der Waals surface area contributed by atoms with Gasteiger partial charge >= 0.3 is 0 Å². The van der Waals surface area contributed by atoms with Crippen molar-refractivity contribution < 1.29 is 22.4 Å². The van der Waals surface area contributed by atoms with Crippen molar-refractivity contribution in [1.82, 2.24) is 10.2 Å². The summed E-state index contributed by atoms with van der Waals surface area (Å²) >= 11 is 6.40. The second-order valence-electron chi connectivity index (χ2n) is 9.17. The van der Waals surface area contributed by atoms with E-state index in [4.69, 9.17) is 11.6 Å². The number of carbonyl (C=O) groups is 2. The molecule has 0 fully saturated rings. The monoisotopic (exact) mass is 573 g/mol. The maximum absolute atomic E-state index is 14.0. The van der Waals surface area contributed by atoms with E-state index in [0.717, 1.165) is 4.31 Å². The topological polar surface area (TPSA) is 86.8 Å². The zero-order valence-corrected chi connectivity index (χ0v) is 23.8. The first-order chi connectivity index (χ1) is 18.6. The number of nitrogens with zero attached hydrogens (tertiary/aromatic N) is 2. The van der Waals surface area contributed by atoms with Gasteiger partial charge in [-0.3, -0.25) is 13.9 Å². The fraction of sp³-hybridized carbons (Fsp3) is 0.310. The number of benzene rings is 3. The van der Waals surface area contributed by atoms with Crippen molar-refractivity contribution in [2.24, 2.45) is 0 Å². The number of para-hydroxylation sites is 1. The van der Waals surface area contributed by atoms with E-state index in [-0.39, 0.29) is 40.5 Å². The van der Waals surface area contributed by atoms with Gasteiger partial charge in [0.25, 0.3) is 10.0 Å². The van der Waals surface area contributed by atoms with Crippen LogP contribution < -0.4 is 9.62 Å². The Bertz CT molecular complexity index is 1370. The predicted molar refractivity (Wildman–Crippen MR) is 151 cm³/mol. The molecule has 0 aromatic heterocycles. The molecule has 3 aromatic rings. The van der Waals surface area contributed by atoms with E-state index < -0.39 is 34.3 Å². The summed E-state index contributed by atoms with van der Waals surface area (Å²) in [6.07, 6.45) is 0.983. The lowest BCUT2D eigenvalue weighted by molar-refractivity contribution is -0.140. The summed E-state index contributed by atoms with van der Waals surface area (Å²) in [6.45, 7) is 4.95. The number of amides is 2. The number of carbonyl (C=O) groups excluding carboxylic acids is 2. The molecule has 0 aliphatic rings. The molecule has 10 heteroatoms. The van der Waals surface area contributed by atoms with Crippen LogP contribution >= 0.6 is 11.6 Å². The normalized spacial score (nSPS) is 12.8. The minimum Gasteiger partial charge on any atom is -0.352 e. The summed E-state index contributed by atoms with van der Waals surface area (Å²) in [6, 6.07) is 18.7. The van der Waals surface area contributed by atoms with E-state index >= 15 is 0 Å². The molecule has 0 aliphatic heterocycles. The van der Waals surface area contributed by atoms with Gasteiger partial charge in [-0.05, 0) is 61.7 Å². The Morgan fingerprint density at radius 3 is 2.13 bits per heavy atom. The van der Waals surface area contributed by atoms with Crippen LogP contribution in [0.3, 0.4) is 0 Å². The molecule has 0 saturated heterocycles. The highest BCUT2D eigenvalue weighted by atomic mass is 35.5. The molecule has 0 saturated carbocycles. The first-order valence-electron chi connectivity index (χ1n) is 12.7. The van der Waals surface area contributed by atoms with E-state index in [1.54, 1.807) is 43.3 Å². The second-order valence-corrected chi connectivity index (χ2v) is 11.4. The Kier molecular flexibility index (Phi) is 10.5. The number of anilines is 1. The summed E-state index contributed by atoms with van der Waals surface area (Å²) < 4.78 is 42.1. The molecular weight excluding hydrogens is 541 g/mol. The Hall–Kier alpha value is -3.43. The molecule has 1 N–H and O–H groups in total. The molecule has 0 unspecified atom stereocenters. The van der Waals surface area contributed by atoms with Crippen LogP contribution in [-0.2, 0) is 26.2 Å². The number of sulfonamides is 1. The molecule has 2 amide bonds. The van der Waals surface area contributed by atoms with Crippen molar-refractivity contribution in [3.05, 3.63) is 95.3 Å². The van der Waals surface area contributed by atoms with Crippen LogP contribution in [0.25, 0.3) is 0 Å². The van der Waals surface area contributed by atoms with Crippen LogP contribution in [0.2, 0.25) is 5.02 Å². The van der Waals surface area contributed by atoms with E-state index in [1.165, 1.54) is 47.4 Å². The largest absolute Gasteiger partial charge is 0.352 e. The first-order valence-corrected chi connectivity index (χ1v) is 14.6. The SMILES string of the molecule is CC[C@H](C(=O)N[C@@H](C)CC)N(Cc1ccc(F)cc1)C(=O)CN(c1ccccc1Cl)S(=O)(=O)c1ccccc1. The van der Waals surface area contributed by atoms with Gasteiger partial charge < -0.3 is 10.2 Å². The Morgan fingerprint density at radius 1 is 0.923 bits per heavy atom. The van der Waals surface area contributed by atoms with Gasteiger partial charge in [0, 0.05) is 12.6 Å². The van der Waals surface area contributed by atoms with Crippen molar-refractivity contribution in [1.29, 1.82) is 0 Å². The molecule has 0 bridgehead atoms. The molecule has 3 aromatic carbocycles. The van der Waals surface area contributed by atoms with Gasteiger partial charge in [0.1, 0.15) is 18.4 Å². The number of hydrogen-bond acceptors (Lipinski definition) is 4. The lowest BCUT2D eigenvalue weighted by Crippen LogP contribution is -2.53. The Balaban J connectivity index is 2.05. The molecule has 0 aliphatic carbocycles. The van der Waals surface area contributed by atoms with Crippen molar-refractivity contribution in [3.8, 4) is 0 Å². The Morgan fingerprint density at radius 2 is 1.54 bits per heavy atom. The lowest BCUT2D eigenvalue weighted by atomic mass is 10.1. The van der Waals surface area contributed by atoms with Gasteiger partial charge in [-0.15, -0.1) is 0 Å². The average molecular weight is 574 g/mol. The highest BCUT2D eigenvalue weighted by Gasteiger charge is 2.34. The van der Waals surface area contributed by atoms with Crippen LogP contribution in [-0.4, -0.2) is 43.8 Å². The molecule has 0 heterocycles. The summed E-state index contributed by atoms with van der Waals surface area (Å²) in [5.74, 6) is -1.39. The van der Waals surface area contributed by atoms with E-state index in [9.17, 15) is 22.4 Å². The van der Waals surface area contributed by atoms with E-state index in [2.05, 4.69) is 5.32 Å². The average Bonchev–Trinajstić information content (AvgIpc) is 2.93. The van der Waals surface area contributed by atoms with Gasteiger partial charge in [-0.25, -0.2) is 12.8 Å². The van der Waals surface area contributed by atoms with Crippen LogP contribution in [0.1, 0.15) is 39.2 Å². The van der Waals surface area contributed by atoms with Gasteiger partial charge in [0.15, 0.2) is 0 Å². The minimum absolute atomic E-state index is 0.00985. The van der Waals surface area contributed by atoms with Gasteiger partial charge in [-0.1, -0.05) is 67.9 Å². The molecular formula is C29H33ClFN3O4S. The molecule has 0 radical (unpaired) electrons. The first kappa shape index (κ1) is 30.1.